The van der Waals surface area contributed by atoms with Crippen molar-refractivity contribution >= 4 is 23.2 Å². The van der Waals surface area contributed by atoms with Crippen LogP contribution in [0.1, 0.15) is 30.0 Å². The Morgan fingerprint density at radius 3 is 2.64 bits per heavy atom. The second kappa shape index (κ2) is 9.08. The molecule has 2 N–H and O–H groups in total. The summed E-state index contributed by atoms with van der Waals surface area (Å²) in [5, 5.41) is 15.9. The van der Waals surface area contributed by atoms with E-state index >= 15 is 0 Å². The fourth-order valence-corrected chi connectivity index (χ4v) is 3.18. The molecule has 7 heteroatoms. The van der Waals surface area contributed by atoms with Crippen LogP contribution in [0.15, 0.2) is 35.0 Å². The van der Waals surface area contributed by atoms with Gasteiger partial charge in [0.1, 0.15) is 11.5 Å². The molecule has 1 unspecified atom stereocenters. The molecule has 1 heterocycles. The van der Waals surface area contributed by atoms with Gasteiger partial charge in [0, 0.05) is 18.1 Å². The molecule has 0 saturated carbocycles. The first-order valence-corrected chi connectivity index (χ1v) is 8.72. The molecule has 2 aromatic rings. The van der Waals surface area contributed by atoms with Gasteiger partial charge in [-0.3, -0.25) is 9.59 Å². The van der Waals surface area contributed by atoms with Crippen LogP contribution >= 0.6 is 11.3 Å². The van der Waals surface area contributed by atoms with Gasteiger partial charge >= 0.3 is 5.97 Å². The number of aryl methyl sites for hydroxylation is 1. The first kappa shape index (κ1) is 18.8. The number of methoxy groups -OCH3 is 2. The molecular weight excluding hydrogens is 342 g/mol. The van der Waals surface area contributed by atoms with E-state index in [2.05, 4.69) is 5.32 Å². The first-order chi connectivity index (χ1) is 12.0. The van der Waals surface area contributed by atoms with Crippen LogP contribution in [-0.2, 0) is 16.0 Å². The molecule has 0 bridgehead atoms. The topological polar surface area (TPSA) is 84.9 Å². The Hall–Kier alpha value is -2.54. The highest BCUT2D eigenvalue weighted by Crippen LogP contribution is 2.31. The van der Waals surface area contributed by atoms with Gasteiger partial charge < -0.3 is 19.9 Å². The quantitative estimate of drug-likeness (QED) is 0.715. The Kier molecular flexibility index (Phi) is 6.82. The van der Waals surface area contributed by atoms with Crippen molar-refractivity contribution in [3.8, 4) is 11.5 Å². The Bertz CT molecular complexity index is 714. The van der Waals surface area contributed by atoms with E-state index < -0.39 is 12.0 Å². The summed E-state index contributed by atoms with van der Waals surface area (Å²) in [6.45, 7) is 0. The molecule has 1 aromatic carbocycles. The van der Waals surface area contributed by atoms with Gasteiger partial charge in [-0.15, -0.1) is 0 Å². The third-order valence-electron chi connectivity index (χ3n) is 3.75. The molecule has 6 nitrogen and oxygen atoms in total. The van der Waals surface area contributed by atoms with Crippen molar-refractivity contribution in [3.05, 3.63) is 46.2 Å². The number of nitrogens with one attached hydrogen (secondary N) is 1. The van der Waals surface area contributed by atoms with Crippen LogP contribution in [0.25, 0.3) is 0 Å². The van der Waals surface area contributed by atoms with E-state index in [1.807, 2.05) is 16.8 Å². The van der Waals surface area contributed by atoms with E-state index in [9.17, 15) is 14.7 Å². The minimum absolute atomic E-state index is 0.199. The monoisotopic (exact) mass is 363 g/mol. The van der Waals surface area contributed by atoms with Crippen LogP contribution in [0.4, 0.5) is 0 Å². The average Bonchev–Trinajstić information content (AvgIpc) is 3.12. The summed E-state index contributed by atoms with van der Waals surface area (Å²) in [6, 6.07) is 6.39. The lowest BCUT2D eigenvalue weighted by atomic mass is 10.0. The van der Waals surface area contributed by atoms with Crippen molar-refractivity contribution < 1.29 is 24.2 Å². The minimum atomic E-state index is -0.999. The molecule has 1 amide bonds. The number of carbonyl (C=O) groups excluding carboxylic acids is 1. The van der Waals surface area contributed by atoms with Gasteiger partial charge in [-0.2, -0.15) is 11.3 Å². The van der Waals surface area contributed by atoms with Gasteiger partial charge in [-0.25, -0.2) is 0 Å². The molecule has 0 aliphatic carbocycles. The van der Waals surface area contributed by atoms with Crippen LogP contribution in [0.5, 0.6) is 11.5 Å². The highest BCUT2D eigenvalue weighted by molar-refractivity contribution is 7.07. The smallest absolute Gasteiger partial charge is 0.305 e. The van der Waals surface area contributed by atoms with E-state index in [1.54, 1.807) is 29.5 Å². The molecule has 0 aliphatic rings. The normalized spacial score (nSPS) is 11.6. The van der Waals surface area contributed by atoms with Gasteiger partial charge in [-0.1, -0.05) is 0 Å². The number of carbonyl (C=O) groups is 2. The lowest BCUT2D eigenvalue weighted by molar-refractivity contribution is -0.137. The Labute approximate surface area is 150 Å². The predicted octanol–water partition coefficient (Wildman–Crippen LogP) is 3.03. The van der Waals surface area contributed by atoms with Gasteiger partial charge in [0.2, 0.25) is 5.91 Å². The van der Waals surface area contributed by atoms with Crippen molar-refractivity contribution in [1.29, 1.82) is 0 Å². The molecule has 1 aromatic heterocycles. The predicted molar refractivity (Wildman–Crippen MR) is 95.3 cm³/mol. The Morgan fingerprint density at radius 2 is 2.04 bits per heavy atom. The third-order valence-corrected chi connectivity index (χ3v) is 4.48. The molecule has 0 aliphatic heterocycles. The lowest BCUT2D eigenvalue weighted by Crippen LogP contribution is -2.30. The van der Waals surface area contributed by atoms with Gasteiger partial charge in [-0.05, 0) is 40.9 Å². The van der Waals surface area contributed by atoms with Gasteiger partial charge in [0.15, 0.2) is 0 Å². The minimum Gasteiger partial charge on any atom is -0.497 e. The van der Waals surface area contributed by atoms with Crippen LogP contribution in [0.3, 0.4) is 0 Å². The SMILES string of the molecule is COc1ccc(C(CC(=O)O)NC(=O)CCc2ccsc2)c(OC)c1. The zero-order valence-corrected chi connectivity index (χ0v) is 15.0. The zero-order chi connectivity index (χ0) is 18.2. The number of thiophene rings is 1. The summed E-state index contributed by atoms with van der Waals surface area (Å²) in [5.74, 6) is -0.126. The number of hydrogen-bond acceptors (Lipinski definition) is 5. The van der Waals surface area contributed by atoms with Gasteiger partial charge in [0.05, 0.1) is 26.7 Å². The first-order valence-electron chi connectivity index (χ1n) is 7.77. The molecule has 0 spiro atoms. The number of carboxylic acid groups (broad SMARTS) is 1. The standard InChI is InChI=1S/C18H21NO5S/c1-23-13-4-5-14(16(9-13)24-2)15(10-18(21)22)19-17(20)6-3-12-7-8-25-11-12/h4-5,7-9,11,15H,3,6,10H2,1-2H3,(H,19,20)(H,21,22). The fraction of sp³-hybridized carbons (Fsp3) is 0.333. The van der Waals surface area contributed by atoms with Crippen molar-refractivity contribution in [2.24, 2.45) is 0 Å². The number of carboxylic acids is 1. The fourth-order valence-electron chi connectivity index (χ4n) is 2.48. The number of ether oxygens (including phenoxy) is 2. The summed E-state index contributed by atoms with van der Waals surface area (Å²) < 4.78 is 10.5. The highest BCUT2D eigenvalue weighted by atomic mass is 32.1. The summed E-state index contributed by atoms with van der Waals surface area (Å²) in [7, 11) is 3.03. The van der Waals surface area contributed by atoms with E-state index in [-0.39, 0.29) is 12.3 Å². The maximum absolute atomic E-state index is 12.3. The van der Waals surface area contributed by atoms with Crippen molar-refractivity contribution in [1.82, 2.24) is 5.32 Å². The molecule has 134 valence electrons. The van der Waals surface area contributed by atoms with E-state index in [0.29, 0.717) is 29.9 Å². The number of amides is 1. The summed E-state index contributed by atoms with van der Waals surface area (Å²) in [5.41, 5.74) is 1.70. The Balaban J connectivity index is 2.12. The lowest BCUT2D eigenvalue weighted by Gasteiger charge is -2.20. The molecular formula is C18H21NO5S. The summed E-state index contributed by atoms with van der Waals surface area (Å²) in [4.78, 5) is 23.5. The van der Waals surface area contributed by atoms with Gasteiger partial charge in [0.25, 0.3) is 0 Å². The van der Waals surface area contributed by atoms with E-state index in [4.69, 9.17) is 9.47 Å². The average molecular weight is 363 g/mol. The maximum Gasteiger partial charge on any atom is 0.305 e. The molecule has 0 saturated heterocycles. The van der Waals surface area contributed by atoms with Crippen LogP contribution in [0, 0.1) is 0 Å². The number of aliphatic carboxylic acids is 1. The summed E-state index contributed by atoms with van der Waals surface area (Å²) >= 11 is 1.58. The van der Waals surface area contributed by atoms with Crippen molar-refractivity contribution in [2.45, 2.75) is 25.3 Å². The Morgan fingerprint density at radius 1 is 1.24 bits per heavy atom. The highest BCUT2D eigenvalue weighted by Gasteiger charge is 2.22. The molecule has 0 fully saturated rings. The maximum atomic E-state index is 12.3. The van der Waals surface area contributed by atoms with Crippen molar-refractivity contribution in [3.63, 3.8) is 0 Å². The second-order valence-electron chi connectivity index (χ2n) is 5.46. The molecule has 25 heavy (non-hydrogen) atoms. The number of benzene rings is 1. The molecule has 2 rings (SSSR count). The van der Waals surface area contributed by atoms with Crippen molar-refractivity contribution in [2.75, 3.05) is 14.2 Å². The van der Waals surface area contributed by atoms with Crippen LogP contribution in [-0.4, -0.2) is 31.2 Å². The molecule has 0 radical (unpaired) electrons. The second-order valence-corrected chi connectivity index (χ2v) is 6.24. The van der Waals surface area contributed by atoms with E-state index in [0.717, 1.165) is 5.56 Å². The number of rotatable bonds is 9. The third kappa shape index (κ3) is 5.49. The largest absolute Gasteiger partial charge is 0.497 e. The van der Waals surface area contributed by atoms with Crippen LogP contribution < -0.4 is 14.8 Å². The van der Waals surface area contributed by atoms with E-state index in [1.165, 1.54) is 14.2 Å². The molecule has 1 atom stereocenters. The van der Waals surface area contributed by atoms with Crippen LogP contribution in [0.2, 0.25) is 0 Å². The zero-order valence-electron chi connectivity index (χ0n) is 14.2. The summed E-state index contributed by atoms with van der Waals surface area (Å²) in [6.07, 6.45) is 0.688. The number of hydrogen-bond donors (Lipinski definition) is 2.